The van der Waals surface area contributed by atoms with Crippen LogP contribution in [0.25, 0.3) is 10.5 Å². The van der Waals surface area contributed by atoms with E-state index in [1.54, 1.807) is 19.3 Å². The van der Waals surface area contributed by atoms with Gasteiger partial charge in [-0.1, -0.05) is 81.4 Å². The number of hydrogen-bond acceptors (Lipinski definition) is 7. The number of nitrogens with zero attached hydrogens (tertiary/aromatic N) is 4. The van der Waals surface area contributed by atoms with E-state index in [9.17, 15) is 14.4 Å². The fourth-order valence-electron chi connectivity index (χ4n) is 8.00. The maximum Gasteiger partial charge on any atom is 0.416 e. The summed E-state index contributed by atoms with van der Waals surface area (Å²) in [5, 5.41) is 6.44. The van der Waals surface area contributed by atoms with Gasteiger partial charge in [-0.15, -0.1) is 13.2 Å². The van der Waals surface area contributed by atoms with E-state index in [1.165, 1.54) is 9.42 Å². The smallest absolute Gasteiger partial charge is 0.416 e. The molecule has 2 aliphatic rings. The Morgan fingerprint density at radius 3 is 2.08 bits per heavy atom. The topological polar surface area (TPSA) is 132 Å². The number of carbonyl (C=O) groups excluding carboxylic acids is 3. The Morgan fingerprint density at radius 2 is 1.58 bits per heavy atom. The molecule has 0 bridgehead atoms. The highest BCUT2D eigenvalue weighted by molar-refractivity contribution is 6.05. The van der Waals surface area contributed by atoms with Crippen molar-refractivity contribution in [1.29, 1.82) is 0 Å². The van der Waals surface area contributed by atoms with Gasteiger partial charge in [0.25, 0.3) is 5.69 Å². The van der Waals surface area contributed by atoms with Crippen LogP contribution in [-0.2, 0) is 14.3 Å². The predicted molar refractivity (Wildman–Crippen MR) is 206 cm³/mol. The summed E-state index contributed by atoms with van der Waals surface area (Å²) in [5.74, 6) is 0.0662. The van der Waals surface area contributed by atoms with Crippen LogP contribution >= 0.6 is 0 Å². The first-order valence-electron chi connectivity index (χ1n) is 18.9. The number of methoxy groups -OCH3 is 1. The van der Waals surface area contributed by atoms with Crippen LogP contribution in [0.2, 0.25) is 0 Å². The normalized spacial score (nSPS) is 25.3. The number of aromatic nitrogens is 3. The summed E-state index contributed by atoms with van der Waals surface area (Å²) in [6, 6.07) is -0.279. The second-order valence-electron chi connectivity index (χ2n) is 18.3. The van der Waals surface area contributed by atoms with Gasteiger partial charge in [0.1, 0.15) is 17.5 Å². The molecule has 2 aromatic heterocycles. The third-order valence-corrected chi connectivity index (χ3v) is 11.0. The Balaban J connectivity index is 1.84. The van der Waals surface area contributed by atoms with Gasteiger partial charge in [0.05, 0.1) is 18.7 Å². The van der Waals surface area contributed by atoms with Gasteiger partial charge < -0.3 is 24.4 Å². The summed E-state index contributed by atoms with van der Waals surface area (Å²) in [6.07, 6.45) is 5.49. The van der Waals surface area contributed by atoms with E-state index in [2.05, 4.69) is 76.9 Å². The maximum absolute atomic E-state index is 14.6. The lowest BCUT2D eigenvalue weighted by Crippen LogP contribution is -2.50. The number of H-pyrrole nitrogens is 1. The van der Waals surface area contributed by atoms with Crippen LogP contribution in [0.5, 0.6) is 5.88 Å². The molecule has 5 unspecified atom stereocenters. The van der Waals surface area contributed by atoms with E-state index >= 15 is 0 Å². The fourth-order valence-corrected chi connectivity index (χ4v) is 8.00. The molecule has 2 heterocycles. The lowest BCUT2D eigenvalue weighted by molar-refractivity contribution is -0.130. The molecule has 292 valence electrons. The third kappa shape index (κ3) is 9.17. The zero-order valence-corrected chi connectivity index (χ0v) is 33.8. The Kier molecular flexibility index (Phi) is 12.6. The SMILES string of the molecule is [C-]#[N+]c1c(C(=O)OC2C(C(C)(C)C)CC(C)CC2C(C)(C)C)c2nc(C3CCC(OC)C(NC(=O)C(C)(C)C)C3)[nH]n2c1OC(=O)N(CC=C)CC=C. The summed E-state index contributed by atoms with van der Waals surface area (Å²) in [4.78, 5) is 51.3. The number of ether oxygens (including phenoxy) is 3. The molecule has 2 N–H and O–H groups in total. The van der Waals surface area contributed by atoms with Crippen molar-refractivity contribution in [1.82, 2.24) is 24.8 Å². The maximum atomic E-state index is 14.6. The van der Waals surface area contributed by atoms with Gasteiger partial charge >= 0.3 is 12.1 Å². The lowest BCUT2D eigenvalue weighted by atomic mass is 9.59. The van der Waals surface area contributed by atoms with Gasteiger partial charge in [-0.25, -0.2) is 23.9 Å². The van der Waals surface area contributed by atoms with Crippen molar-refractivity contribution < 1.29 is 28.6 Å². The van der Waals surface area contributed by atoms with Gasteiger partial charge in [0.2, 0.25) is 11.8 Å². The van der Waals surface area contributed by atoms with Gasteiger partial charge in [-0.3, -0.25) is 9.89 Å². The number of rotatable bonds is 10. The van der Waals surface area contributed by atoms with E-state index in [-0.39, 0.29) is 82.5 Å². The van der Waals surface area contributed by atoms with Crippen LogP contribution in [0.4, 0.5) is 10.5 Å². The Bertz CT molecular complexity index is 1680. The number of amides is 2. The molecule has 12 heteroatoms. The molecular formula is C41H62N6O6. The van der Waals surface area contributed by atoms with Crippen LogP contribution in [0.15, 0.2) is 25.3 Å². The van der Waals surface area contributed by atoms with Crippen molar-refractivity contribution in [3.8, 4) is 5.88 Å². The number of hydrogen-bond donors (Lipinski definition) is 2. The van der Waals surface area contributed by atoms with E-state index in [4.69, 9.17) is 25.8 Å². The van der Waals surface area contributed by atoms with Gasteiger partial charge in [0.15, 0.2) is 5.65 Å². The number of fused-ring (bicyclic) bond motifs is 1. The number of aromatic amines is 1. The highest BCUT2D eigenvalue weighted by Crippen LogP contribution is 2.50. The molecule has 0 radical (unpaired) electrons. The summed E-state index contributed by atoms with van der Waals surface area (Å²) < 4.78 is 19.7. The van der Waals surface area contributed by atoms with Crippen molar-refractivity contribution in [3.63, 3.8) is 0 Å². The van der Waals surface area contributed by atoms with Crippen LogP contribution in [-0.4, -0.2) is 75.9 Å². The average Bonchev–Trinajstić information content (AvgIpc) is 3.61. The van der Waals surface area contributed by atoms with E-state index in [0.717, 1.165) is 12.8 Å². The second kappa shape index (κ2) is 16.1. The first-order chi connectivity index (χ1) is 24.7. The molecule has 12 nitrogen and oxygen atoms in total. The van der Waals surface area contributed by atoms with Gasteiger partial charge in [-0.05, 0) is 48.9 Å². The molecule has 0 aliphatic heterocycles. The Hall–Kier alpha value is -4.11. The van der Waals surface area contributed by atoms with Gasteiger partial charge in [0, 0.05) is 43.4 Å². The second-order valence-corrected chi connectivity index (χ2v) is 18.3. The van der Waals surface area contributed by atoms with Crippen LogP contribution in [0, 0.1) is 40.6 Å². The van der Waals surface area contributed by atoms with Crippen molar-refractivity contribution in [2.45, 2.75) is 126 Å². The highest BCUT2D eigenvalue weighted by atomic mass is 16.6. The molecule has 2 aromatic rings. The molecule has 2 fully saturated rings. The molecular weight excluding hydrogens is 672 g/mol. The molecule has 0 saturated heterocycles. The molecule has 2 amide bonds. The minimum Gasteiger partial charge on any atom is -0.459 e. The molecule has 2 aliphatic carbocycles. The third-order valence-electron chi connectivity index (χ3n) is 11.0. The number of carbonyl (C=O) groups is 3. The zero-order valence-electron chi connectivity index (χ0n) is 33.8. The van der Waals surface area contributed by atoms with Gasteiger partial charge in [-0.2, -0.15) is 0 Å². The van der Waals surface area contributed by atoms with E-state index < -0.39 is 23.6 Å². The zero-order chi connectivity index (χ0) is 39.6. The molecule has 4 rings (SSSR count). The minimum absolute atomic E-state index is 0.0496. The standard InChI is InChI=1S/C41H62N6O6/c1-15-19-46(20-16-2)38(50)53-35-31(42-13)30(36(48)52-32-26(39(4,5)6)21-24(3)22-27(32)40(7,8)9)34-44-33(45-47(34)35)25-17-18-29(51-14)28(23-25)43-37(49)41(10,11)12/h15-16,24-29,32H,1-2,17-23H2,3-12,14H3,(H,43,49)(H,44,45). The molecule has 5 atom stereocenters. The van der Waals surface area contributed by atoms with Crippen LogP contribution in [0.1, 0.15) is 123 Å². The molecule has 53 heavy (non-hydrogen) atoms. The summed E-state index contributed by atoms with van der Waals surface area (Å²) in [7, 11) is 1.64. The van der Waals surface area contributed by atoms with E-state index in [0.29, 0.717) is 31.0 Å². The van der Waals surface area contributed by atoms with Crippen LogP contribution in [0.3, 0.4) is 0 Å². The van der Waals surface area contributed by atoms with Crippen molar-refractivity contribution in [3.05, 3.63) is 48.1 Å². The van der Waals surface area contributed by atoms with Crippen molar-refractivity contribution in [2.24, 2.45) is 34.0 Å². The lowest BCUT2D eigenvalue weighted by Gasteiger charge is -2.50. The molecule has 0 spiro atoms. The number of nitrogens with one attached hydrogen (secondary N) is 2. The first kappa shape index (κ1) is 41.6. The Morgan fingerprint density at radius 1 is 1.00 bits per heavy atom. The molecule has 0 aromatic carbocycles. The summed E-state index contributed by atoms with van der Waals surface area (Å²) in [6.45, 7) is 37.0. The predicted octanol–water partition coefficient (Wildman–Crippen LogP) is 8.48. The first-order valence-corrected chi connectivity index (χ1v) is 18.9. The average molecular weight is 735 g/mol. The largest absolute Gasteiger partial charge is 0.459 e. The van der Waals surface area contributed by atoms with Crippen molar-refractivity contribution in [2.75, 3.05) is 20.2 Å². The highest BCUT2D eigenvalue weighted by Gasteiger charge is 2.49. The summed E-state index contributed by atoms with van der Waals surface area (Å²) in [5.41, 5.74) is -0.954. The molecule has 2 saturated carbocycles. The fraction of sp³-hybridized carbons (Fsp3) is 0.683. The quantitative estimate of drug-likeness (QED) is 0.142. The summed E-state index contributed by atoms with van der Waals surface area (Å²) >= 11 is 0. The Labute approximate surface area is 315 Å². The minimum atomic E-state index is -0.738. The van der Waals surface area contributed by atoms with Crippen LogP contribution < -0.4 is 10.1 Å². The monoisotopic (exact) mass is 734 g/mol. The van der Waals surface area contributed by atoms with Crippen molar-refractivity contribution >= 4 is 29.3 Å². The van der Waals surface area contributed by atoms with E-state index in [1.807, 2.05) is 20.8 Å². The number of esters is 1.